The Morgan fingerprint density at radius 3 is 1.42 bits per heavy atom. The Hall–Kier alpha value is -6.07. The fourth-order valence-corrected chi connectivity index (χ4v) is 8.64. The van der Waals surface area contributed by atoms with Crippen molar-refractivity contribution in [1.82, 2.24) is 40.6 Å². The zero-order valence-corrected chi connectivity index (χ0v) is 40.2. The van der Waals surface area contributed by atoms with Gasteiger partial charge in [-0.1, -0.05) is 72.8 Å². The van der Waals surface area contributed by atoms with Crippen molar-refractivity contribution in [1.29, 1.82) is 0 Å². The Morgan fingerprint density at radius 2 is 0.986 bits per heavy atom. The molecule has 0 unspecified atom stereocenters. The van der Waals surface area contributed by atoms with E-state index in [1.54, 1.807) is 6.92 Å². The largest absolute Gasteiger partial charge is 2.00 e. The molecule has 0 atom stereocenters. The van der Waals surface area contributed by atoms with Crippen LogP contribution in [-0.2, 0) is 49.0 Å². The third kappa shape index (κ3) is 15.2. The molecule has 0 aliphatic carbocycles. The Bertz CT molecular complexity index is 2600. The van der Waals surface area contributed by atoms with E-state index >= 15 is 0 Å². The summed E-state index contributed by atoms with van der Waals surface area (Å²) < 4.78 is 5.21. The quantitative estimate of drug-likeness (QED) is 0.0353. The number of rotatable bonds is 19. The molecule has 0 spiro atoms. The summed E-state index contributed by atoms with van der Waals surface area (Å²) in [7, 11) is 0. The van der Waals surface area contributed by atoms with Gasteiger partial charge in [-0.15, -0.1) is 0 Å². The monoisotopic (exact) mass is 985 g/mol. The van der Waals surface area contributed by atoms with Crippen molar-refractivity contribution in [3.05, 3.63) is 108 Å². The third-order valence-electron chi connectivity index (χ3n) is 12.1. The summed E-state index contributed by atoms with van der Waals surface area (Å²) in [4.78, 5) is 63.9. The van der Waals surface area contributed by atoms with Crippen molar-refractivity contribution in [2.75, 3.05) is 105 Å². The number of carbonyl (C=O) groups is 3. The molecule has 0 bridgehead atoms. The molecule has 1 aliphatic rings. The Morgan fingerprint density at radius 1 is 0.594 bits per heavy atom. The summed E-state index contributed by atoms with van der Waals surface area (Å²) in [6.45, 7) is 7.54. The van der Waals surface area contributed by atoms with Gasteiger partial charge in [-0.3, -0.25) is 19.3 Å². The predicted molar refractivity (Wildman–Crippen MR) is 265 cm³/mol. The molecule has 3 N–H and O–H groups in total. The normalized spacial score (nSPS) is 14.5. The SMILES string of the molecule is CCOC(=O)CN(CCN=C([O-])CN(CCN=C([O-])CN1CCNCCNCCNCC1)C(=O)CCc1c2ccccc2nc2ccccc12)C(=O)CCc1c2ccccc2nc2ccccc12.[Cu+2]. The summed E-state index contributed by atoms with van der Waals surface area (Å²) in [5.74, 6) is -2.01. The van der Waals surface area contributed by atoms with E-state index in [-0.39, 0.29) is 100 Å². The van der Waals surface area contributed by atoms with E-state index in [0.717, 1.165) is 94.0 Å². The van der Waals surface area contributed by atoms with Gasteiger partial charge in [-0.2, -0.15) is 0 Å². The molecule has 2 aromatic heterocycles. The number of fused-ring (bicyclic) bond motifs is 4. The van der Waals surface area contributed by atoms with Crippen LogP contribution in [0.25, 0.3) is 43.6 Å². The maximum absolute atomic E-state index is 14.2. The second-order valence-electron chi connectivity index (χ2n) is 16.8. The predicted octanol–water partition coefficient (Wildman–Crippen LogP) is 2.47. The maximum atomic E-state index is 14.2. The number of nitrogens with zero attached hydrogens (tertiary/aromatic N) is 7. The molecule has 0 saturated carbocycles. The Labute approximate surface area is 414 Å². The molecule has 7 rings (SSSR count). The molecule has 1 radical (unpaired) electrons. The smallest absolute Gasteiger partial charge is 0.861 e. The summed E-state index contributed by atoms with van der Waals surface area (Å²) in [5.41, 5.74) is 5.28. The van der Waals surface area contributed by atoms with Crippen LogP contribution in [-0.4, -0.2) is 159 Å². The molecule has 1 aliphatic heterocycles. The fraction of sp³-hybridized carbons (Fsp3) is 0.404. The van der Waals surface area contributed by atoms with Crippen molar-refractivity contribution in [2.45, 2.75) is 32.6 Å². The number of benzene rings is 4. The first kappa shape index (κ1) is 52.3. The van der Waals surface area contributed by atoms with Crippen LogP contribution in [0.5, 0.6) is 0 Å². The van der Waals surface area contributed by atoms with E-state index in [9.17, 15) is 24.6 Å². The first-order chi connectivity index (χ1) is 33.3. The van der Waals surface area contributed by atoms with Gasteiger partial charge in [0.25, 0.3) is 0 Å². The van der Waals surface area contributed by atoms with E-state index in [1.807, 2.05) is 97.1 Å². The number of aryl methyl sites for hydroxylation is 2. The minimum Gasteiger partial charge on any atom is -0.861 e. The summed E-state index contributed by atoms with van der Waals surface area (Å²) in [6.07, 6.45) is 0.981. The van der Waals surface area contributed by atoms with Gasteiger partial charge < -0.3 is 50.7 Å². The number of esters is 1. The summed E-state index contributed by atoms with van der Waals surface area (Å²) >= 11 is 0. The van der Waals surface area contributed by atoms with Gasteiger partial charge in [0, 0.05) is 113 Å². The van der Waals surface area contributed by atoms with Crippen LogP contribution < -0.4 is 26.2 Å². The molecule has 16 nitrogen and oxygen atoms in total. The second kappa shape index (κ2) is 27.2. The van der Waals surface area contributed by atoms with Crippen LogP contribution in [0.2, 0.25) is 0 Å². The minimum absolute atomic E-state index is 0. The number of ether oxygens (including phenoxy) is 1. The number of aromatic nitrogens is 2. The third-order valence-corrected chi connectivity index (χ3v) is 12.1. The topological polar surface area (TPSA) is 203 Å². The number of pyridine rings is 2. The Balaban J connectivity index is 0.00000782. The van der Waals surface area contributed by atoms with E-state index in [4.69, 9.17) is 14.7 Å². The molecule has 17 heteroatoms. The Kier molecular flexibility index (Phi) is 20.6. The van der Waals surface area contributed by atoms with Crippen molar-refractivity contribution >= 4 is 73.2 Å². The average Bonchev–Trinajstić information content (AvgIpc) is 3.34. The number of carbonyl (C=O) groups excluding carboxylic acids is 3. The number of hydrogen-bond acceptors (Lipinski definition) is 14. The van der Waals surface area contributed by atoms with Crippen molar-refractivity contribution < 1.29 is 46.4 Å². The molecule has 3 heterocycles. The van der Waals surface area contributed by atoms with Crippen LogP contribution in [0.3, 0.4) is 0 Å². The van der Waals surface area contributed by atoms with Crippen LogP contribution in [0.15, 0.2) is 107 Å². The molecule has 1 fully saturated rings. The van der Waals surface area contributed by atoms with Crippen LogP contribution >= 0.6 is 0 Å². The van der Waals surface area contributed by atoms with E-state index < -0.39 is 11.9 Å². The molecule has 4 aromatic carbocycles. The van der Waals surface area contributed by atoms with Crippen LogP contribution in [0.1, 0.15) is 30.9 Å². The van der Waals surface area contributed by atoms with Gasteiger partial charge in [0.05, 0.1) is 41.8 Å². The van der Waals surface area contributed by atoms with Gasteiger partial charge in [-0.05, 0) is 67.0 Å². The number of amides is 2. The van der Waals surface area contributed by atoms with Gasteiger partial charge >= 0.3 is 23.0 Å². The molecule has 2 amide bonds. The van der Waals surface area contributed by atoms with Gasteiger partial charge in [0.15, 0.2) is 0 Å². The number of para-hydroxylation sites is 4. The van der Waals surface area contributed by atoms with Crippen molar-refractivity contribution in [2.24, 2.45) is 9.98 Å². The number of aliphatic imine (C=N–C) groups is 2. The second-order valence-corrected chi connectivity index (χ2v) is 16.8. The molecular weight excluding hydrogens is 924 g/mol. The van der Waals surface area contributed by atoms with Crippen molar-refractivity contribution in [3.8, 4) is 0 Å². The first-order valence-corrected chi connectivity index (χ1v) is 23.8. The summed E-state index contributed by atoms with van der Waals surface area (Å²) in [5, 5.41) is 40.9. The molecule has 6 aromatic rings. The molecule has 367 valence electrons. The first-order valence-electron chi connectivity index (χ1n) is 23.8. The number of hydrogen-bond donors (Lipinski definition) is 3. The van der Waals surface area contributed by atoms with E-state index in [2.05, 4.69) is 30.8 Å². The zero-order chi connectivity index (χ0) is 47.5. The average molecular weight is 987 g/mol. The molecule has 69 heavy (non-hydrogen) atoms. The van der Waals surface area contributed by atoms with Gasteiger partial charge in [0.2, 0.25) is 11.8 Å². The molecule has 1 saturated heterocycles. The maximum Gasteiger partial charge on any atom is 2.00 e. The van der Waals surface area contributed by atoms with E-state index in [1.165, 1.54) is 9.80 Å². The van der Waals surface area contributed by atoms with E-state index in [0.29, 0.717) is 25.9 Å². The van der Waals surface area contributed by atoms with Gasteiger partial charge in [-0.25, -0.2) is 9.97 Å². The van der Waals surface area contributed by atoms with Gasteiger partial charge in [0.1, 0.15) is 6.54 Å². The number of nitrogens with one attached hydrogen (secondary N) is 3. The zero-order valence-electron chi connectivity index (χ0n) is 39.3. The fourth-order valence-electron chi connectivity index (χ4n) is 8.64. The minimum atomic E-state index is -0.572. The van der Waals surface area contributed by atoms with Crippen LogP contribution in [0.4, 0.5) is 0 Å². The molecular formula is C52H62CuN10O6. The van der Waals surface area contributed by atoms with Crippen molar-refractivity contribution in [3.63, 3.8) is 0 Å². The summed E-state index contributed by atoms with van der Waals surface area (Å²) in [6, 6.07) is 31.3. The van der Waals surface area contributed by atoms with Crippen LogP contribution in [0, 0.1) is 0 Å². The standard InChI is InChI=1S/C52H64N10O6.Cu/c1-2-68-52(67)37-62(51(66)22-20-39-42-13-5-9-17-46(42)59-47-18-10-6-14-43(39)47)34-30-57-49(64)36-61(33-29-56-48(63)35-60-31-27-54-25-23-53-24-26-55-28-32-60)50(65)21-19-38-40-11-3-7-15-44(40)58-45-16-8-4-12-41(38)45;/h3-18,53-55H,2,19-37H2,1H3,(H,56,63)(H,57,64);/q;+2/p-2.